The molecule has 0 saturated heterocycles. The molecule has 0 fully saturated rings. The van der Waals surface area contributed by atoms with Crippen molar-refractivity contribution in [1.82, 2.24) is 5.32 Å². The molecule has 0 heterocycles. The van der Waals surface area contributed by atoms with Crippen molar-refractivity contribution in [2.24, 2.45) is 0 Å². The zero-order valence-corrected chi connectivity index (χ0v) is 16.3. The number of carbonyl (C=O) groups excluding carboxylic acids is 1. The molecular formula is C15H20BrCl2NO3. The Morgan fingerprint density at radius 2 is 1.77 bits per heavy atom. The van der Waals surface area contributed by atoms with E-state index in [2.05, 4.69) is 21.2 Å². The molecule has 124 valence electrons. The van der Waals surface area contributed by atoms with E-state index in [1.165, 1.54) is 0 Å². The number of halogens is 3. The Hall–Kier alpha value is -0.650. The molecule has 4 nitrogen and oxygen atoms in total. The Labute approximate surface area is 149 Å². The van der Waals surface area contributed by atoms with Crippen LogP contribution in [0.3, 0.4) is 0 Å². The van der Waals surface area contributed by atoms with Gasteiger partial charge in [0.05, 0.1) is 15.6 Å². The molecule has 1 aromatic rings. The number of hydrogen-bond acceptors (Lipinski definition) is 3. The van der Waals surface area contributed by atoms with Crippen LogP contribution in [-0.2, 0) is 4.74 Å². The van der Waals surface area contributed by atoms with Gasteiger partial charge < -0.3 is 14.8 Å². The topological polar surface area (TPSA) is 47.6 Å². The van der Waals surface area contributed by atoms with Crippen LogP contribution in [0.2, 0.25) is 10.0 Å². The molecule has 0 spiro atoms. The Balaban J connectivity index is 2.66. The lowest BCUT2D eigenvalue weighted by atomic mass is 10.1. The number of rotatable bonds is 4. The largest absolute Gasteiger partial charge is 0.490 e. The first-order valence-electron chi connectivity index (χ1n) is 6.68. The first-order valence-corrected chi connectivity index (χ1v) is 8.23. The van der Waals surface area contributed by atoms with Gasteiger partial charge in [0.1, 0.15) is 18.0 Å². The first-order chi connectivity index (χ1) is 9.89. The number of nitrogens with one attached hydrogen (secondary N) is 1. The number of carbonyl (C=O) groups is 1. The van der Waals surface area contributed by atoms with Gasteiger partial charge in [0.15, 0.2) is 0 Å². The summed E-state index contributed by atoms with van der Waals surface area (Å²) in [5.74, 6) is 0.453. The van der Waals surface area contributed by atoms with Gasteiger partial charge in [-0.25, -0.2) is 4.79 Å². The van der Waals surface area contributed by atoms with E-state index in [1.807, 2.05) is 13.8 Å². The van der Waals surface area contributed by atoms with Gasteiger partial charge in [0.2, 0.25) is 0 Å². The van der Waals surface area contributed by atoms with Crippen LogP contribution in [0.4, 0.5) is 4.79 Å². The van der Waals surface area contributed by atoms with Crippen LogP contribution in [0, 0.1) is 0 Å². The van der Waals surface area contributed by atoms with Gasteiger partial charge in [-0.2, -0.15) is 0 Å². The SMILES string of the molecule is CC(C)(COc1cc(Cl)c(Br)cc1Cl)NC(=O)OC(C)(C)C. The molecule has 0 unspecified atom stereocenters. The lowest BCUT2D eigenvalue weighted by Gasteiger charge is -2.28. The van der Waals surface area contributed by atoms with Crippen molar-refractivity contribution in [3.05, 3.63) is 26.7 Å². The van der Waals surface area contributed by atoms with E-state index in [9.17, 15) is 4.79 Å². The summed E-state index contributed by atoms with van der Waals surface area (Å²) in [5.41, 5.74) is -1.19. The molecule has 1 N–H and O–H groups in total. The molecule has 0 aliphatic rings. The molecule has 0 aromatic heterocycles. The fourth-order valence-electron chi connectivity index (χ4n) is 1.49. The summed E-state index contributed by atoms with van der Waals surface area (Å²) in [5, 5.41) is 3.69. The molecular weight excluding hydrogens is 393 g/mol. The molecule has 22 heavy (non-hydrogen) atoms. The summed E-state index contributed by atoms with van der Waals surface area (Å²) in [6.45, 7) is 9.28. The van der Waals surface area contributed by atoms with Crippen LogP contribution < -0.4 is 10.1 Å². The Bertz CT molecular complexity index is 556. The van der Waals surface area contributed by atoms with Crippen molar-refractivity contribution in [3.63, 3.8) is 0 Å². The van der Waals surface area contributed by atoms with E-state index in [4.69, 9.17) is 32.7 Å². The zero-order valence-electron chi connectivity index (χ0n) is 13.2. The van der Waals surface area contributed by atoms with E-state index in [0.717, 1.165) is 0 Å². The van der Waals surface area contributed by atoms with Gasteiger partial charge in [-0.3, -0.25) is 0 Å². The quantitative estimate of drug-likeness (QED) is 0.669. The minimum absolute atomic E-state index is 0.212. The van der Waals surface area contributed by atoms with Crippen LogP contribution in [0.5, 0.6) is 5.75 Å². The average Bonchev–Trinajstić information content (AvgIpc) is 2.28. The van der Waals surface area contributed by atoms with E-state index in [0.29, 0.717) is 20.3 Å². The molecule has 0 bridgehead atoms. The van der Waals surface area contributed by atoms with Crippen LogP contribution in [-0.4, -0.2) is 23.8 Å². The summed E-state index contributed by atoms with van der Waals surface area (Å²) < 4.78 is 11.6. The molecule has 1 aromatic carbocycles. The Morgan fingerprint density at radius 1 is 1.18 bits per heavy atom. The van der Waals surface area contributed by atoms with E-state index in [-0.39, 0.29) is 6.61 Å². The standard InChI is InChI=1S/C15H20BrCl2NO3/c1-14(2,3)22-13(20)19-15(4,5)8-21-12-7-10(17)9(16)6-11(12)18/h6-7H,8H2,1-5H3,(H,19,20). The fourth-order valence-corrected chi connectivity index (χ4v) is 2.34. The number of alkyl carbamates (subject to hydrolysis) is 1. The summed E-state index contributed by atoms with van der Waals surface area (Å²) in [6, 6.07) is 3.28. The maximum atomic E-state index is 11.8. The number of benzene rings is 1. The number of hydrogen-bond donors (Lipinski definition) is 1. The summed E-state index contributed by atoms with van der Waals surface area (Å²) >= 11 is 15.4. The van der Waals surface area contributed by atoms with Crippen LogP contribution in [0.25, 0.3) is 0 Å². The number of amides is 1. The fraction of sp³-hybridized carbons (Fsp3) is 0.533. The second kappa shape index (κ2) is 7.28. The van der Waals surface area contributed by atoms with Crippen molar-refractivity contribution < 1.29 is 14.3 Å². The third-order valence-electron chi connectivity index (χ3n) is 2.40. The minimum atomic E-state index is -0.634. The van der Waals surface area contributed by atoms with Gasteiger partial charge in [-0.05, 0) is 56.6 Å². The first kappa shape index (κ1) is 19.4. The van der Waals surface area contributed by atoms with Crippen LogP contribution in [0.1, 0.15) is 34.6 Å². The highest BCUT2D eigenvalue weighted by molar-refractivity contribution is 9.10. The Kier molecular flexibility index (Phi) is 6.42. The van der Waals surface area contributed by atoms with E-state index >= 15 is 0 Å². The van der Waals surface area contributed by atoms with Crippen molar-refractivity contribution in [2.45, 2.75) is 45.8 Å². The summed E-state index contributed by atoms with van der Waals surface area (Å²) in [7, 11) is 0. The average molecular weight is 413 g/mol. The highest BCUT2D eigenvalue weighted by Crippen LogP contribution is 2.34. The predicted molar refractivity (Wildman–Crippen MR) is 93.1 cm³/mol. The molecule has 0 atom stereocenters. The van der Waals surface area contributed by atoms with Gasteiger partial charge in [0, 0.05) is 10.5 Å². The zero-order chi connectivity index (χ0) is 17.1. The molecule has 0 aliphatic heterocycles. The summed E-state index contributed by atoms with van der Waals surface area (Å²) in [6.07, 6.45) is -0.499. The molecule has 0 saturated carbocycles. The number of ether oxygens (including phenoxy) is 2. The normalized spacial score (nSPS) is 12.0. The third-order valence-corrected chi connectivity index (χ3v) is 3.90. The predicted octanol–water partition coefficient (Wildman–Crippen LogP) is 5.44. The molecule has 0 aliphatic carbocycles. The monoisotopic (exact) mass is 411 g/mol. The van der Waals surface area contributed by atoms with Gasteiger partial charge in [0.25, 0.3) is 0 Å². The van der Waals surface area contributed by atoms with Crippen LogP contribution in [0.15, 0.2) is 16.6 Å². The third kappa shape index (κ3) is 6.63. The van der Waals surface area contributed by atoms with Crippen molar-refractivity contribution in [2.75, 3.05) is 6.61 Å². The smallest absolute Gasteiger partial charge is 0.408 e. The highest BCUT2D eigenvalue weighted by Gasteiger charge is 2.25. The second-order valence-electron chi connectivity index (χ2n) is 6.50. The molecule has 0 radical (unpaired) electrons. The van der Waals surface area contributed by atoms with Crippen molar-refractivity contribution in [1.29, 1.82) is 0 Å². The summed E-state index contributed by atoms with van der Waals surface area (Å²) in [4.78, 5) is 11.8. The lowest BCUT2D eigenvalue weighted by Crippen LogP contribution is -2.49. The van der Waals surface area contributed by atoms with E-state index in [1.54, 1.807) is 32.9 Å². The maximum Gasteiger partial charge on any atom is 0.408 e. The maximum absolute atomic E-state index is 11.8. The van der Waals surface area contributed by atoms with Gasteiger partial charge in [-0.1, -0.05) is 23.2 Å². The molecule has 1 rings (SSSR count). The van der Waals surface area contributed by atoms with Crippen molar-refractivity contribution >= 4 is 45.2 Å². The lowest BCUT2D eigenvalue weighted by molar-refractivity contribution is 0.0441. The highest BCUT2D eigenvalue weighted by atomic mass is 79.9. The molecule has 7 heteroatoms. The van der Waals surface area contributed by atoms with Crippen LogP contribution >= 0.6 is 39.1 Å². The van der Waals surface area contributed by atoms with Crippen molar-refractivity contribution in [3.8, 4) is 5.75 Å². The second-order valence-corrected chi connectivity index (χ2v) is 8.16. The van der Waals surface area contributed by atoms with E-state index < -0.39 is 17.2 Å². The Morgan fingerprint density at radius 3 is 2.32 bits per heavy atom. The van der Waals surface area contributed by atoms with Gasteiger partial charge >= 0.3 is 6.09 Å². The minimum Gasteiger partial charge on any atom is -0.490 e. The molecule has 1 amide bonds. The van der Waals surface area contributed by atoms with Gasteiger partial charge in [-0.15, -0.1) is 0 Å².